The van der Waals surface area contributed by atoms with Crippen LogP contribution in [0, 0.1) is 5.92 Å². The maximum absolute atomic E-state index is 11.7. The normalized spacial score (nSPS) is 13.9. The molecule has 4 heteroatoms. The molecule has 0 heterocycles. The molecule has 0 radical (unpaired) electrons. The van der Waals surface area contributed by atoms with Crippen LogP contribution >= 0.6 is 0 Å². The topological polar surface area (TPSA) is 75.3 Å². The Bertz CT molecular complexity index is 354. The van der Waals surface area contributed by atoms with E-state index in [-0.39, 0.29) is 30.9 Å². The van der Waals surface area contributed by atoms with Gasteiger partial charge >= 0.3 is 0 Å². The Labute approximate surface area is 108 Å². The third-order valence-electron chi connectivity index (χ3n) is 2.90. The van der Waals surface area contributed by atoms with Gasteiger partial charge in [0, 0.05) is 25.6 Å². The molecule has 0 saturated carbocycles. The van der Waals surface area contributed by atoms with E-state index in [0.717, 1.165) is 5.56 Å². The lowest BCUT2D eigenvalue weighted by Gasteiger charge is -2.14. The molecule has 2 atom stereocenters. The van der Waals surface area contributed by atoms with Gasteiger partial charge in [-0.25, -0.2) is 0 Å². The van der Waals surface area contributed by atoms with E-state index in [0.29, 0.717) is 13.0 Å². The lowest BCUT2D eigenvalue weighted by atomic mass is 10.0. The van der Waals surface area contributed by atoms with Crippen molar-refractivity contribution in [3.63, 3.8) is 0 Å². The summed E-state index contributed by atoms with van der Waals surface area (Å²) in [5.41, 5.74) is 6.93. The molecule has 4 N–H and O–H groups in total. The minimum absolute atomic E-state index is 0.0452. The molecule has 0 aliphatic rings. The molecular formula is C14H22N2O2. The van der Waals surface area contributed by atoms with Crippen LogP contribution in [0.5, 0.6) is 0 Å². The smallest absolute Gasteiger partial charge is 0.221 e. The van der Waals surface area contributed by atoms with Crippen molar-refractivity contribution < 1.29 is 9.90 Å². The molecule has 0 saturated heterocycles. The third-order valence-corrected chi connectivity index (χ3v) is 2.90. The fourth-order valence-corrected chi connectivity index (χ4v) is 1.70. The number of nitrogens with two attached hydrogens (primary N) is 1. The van der Waals surface area contributed by atoms with Crippen LogP contribution in [0.15, 0.2) is 30.3 Å². The van der Waals surface area contributed by atoms with Crippen molar-refractivity contribution in [2.45, 2.75) is 25.8 Å². The Balaban J connectivity index is 2.32. The zero-order chi connectivity index (χ0) is 13.4. The molecule has 4 nitrogen and oxygen atoms in total. The first kappa shape index (κ1) is 14.7. The largest absolute Gasteiger partial charge is 0.396 e. The Morgan fingerprint density at radius 2 is 2.06 bits per heavy atom. The lowest BCUT2D eigenvalue weighted by molar-refractivity contribution is -0.121. The molecule has 18 heavy (non-hydrogen) atoms. The third kappa shape index (κ3) is 5.29. The second-order valence-electron chi connectivity index (χ2n) is 4.64. The minimum Gasteiger partial charge on any atom is -0.396 e. The van der Waals surface area contributed by atoms with E-state index in [1.54, 1.807) is 0 Å². The second kappa shape index (κ2) is 7.84. The molecule has 2 unspecified atom stereocenters. The van der Waals surface area contributed by atoms with Crippen molar-refractivity contribution in [1.29, 1.82) is 0 Å². The highest BCUT2D eigenvalue weighted by Gasteiger charge is 2.11. The van der Waals surface area contributed by atoms with Crippen molar-refractivity contribution in [3.8, 4) is 0 Å². The van der Waals surface area contributed by atoms with Crippen molar-refractivity contribution in [2.75, 3.05) is 13.2 Å². The van der Waals surface area contributed by atoms with Crippen LogP contribution in [0.3, 0.4) is 0 Å². The maximum atomic E-state index is 11.7. The number of carbonyl (C=O) groups is 1. The number of hydrogen-bond acceptors (Lipinski definition) is 3. The number of hydrogen-bond donors (Lipinski definition) is 3. The SMILES string of the molecule is CC(CCO)CNC(=O)CC(N)c1ccccc1. The van der Waals surface area contributed by atoms with E-state index in [2.05, 4.69) is 5.32 Å². The zero-order valence-corrected chi connectivity index (χ0v) is 10.8. The molecule has 0 aliphatic heterocycles. The fraction of sp³-hybridized carbons (Fsp3) is 0.500. The summed E-state index contributed by atoms with van der Waals surface area (Å²) in [5, 5.41) is 11.6. The van der Waals surface area contributed by atoms with Crippen LogP contribution in [0.2, 0.25) is 0 Å². The molecule has 0 aliphatic carbocycles. The molecule has 100 valence electrons. The van der Waals surface area contributed by atoms with E-state index >= 15 is 0 Å². The van der Waals surface area contributed by atoms with E-state index in [9.17, 15) is 4.79 Å². The number of carbonyl (C=O) groups excluding carboxylic acids is 1. The number of aliphatic hydroxyl groups excluding tert-OH is 1. The van der Waals surface area contributed by atoms with E-state index in [1.165, 1.54) is 0 Å². The molecule has 1 amide bonds. The quantitative estimate of drug-likeness (QED) is 0.681. The number of rotatable bonds is 7. The number of nitrogens with one attached hydrogen (secondary N) is 1. The summed E-state index contributed by atoms with van der Waals surface area (Å²) in [7, 11) is 0. The average molecular weight is 250 g/mol. The van der Waals surface area contributed by atoms with Gasteiger partial charge in [0.15, 0.2) is 0 Å². The molecule has 0 bridgehead atoms. The van der Waals surface area contributed by atoms with Crippen molar-refractivity contribution in [2.24, 2.45) is 11.7 Å². The second-order valence-corrected chi connectivity index (χ2v) is 4.64. The summed E-state index contributed by atoms with van der Waals surface area (Å²) in [6.07, 6.45) is 0.987. The van der Waals surface area contributed by atoms with Crippen molar-refractivity contribution >= 4 is 5.91 Å². The molecule has 1 rings (SSSR count). The van der Waals surface area contributed by atoms with Gasteiger partial charge in [-0.15, -0.1) is 0 Å². The summed E-state index contributed by atoms with van der Waals surface area (Å²) in [5.74, 6) is 0.239. The molecule has 1 aromatic carbocycles. The summed E-state index contributed by atoms with van der Waals surface area (Å²) in [4.78, 5) is 11.7. The Morgan fingerprint density at radius 3 is 2.67 bits per heavy atom. The van der Waals surface area contributed by atoms with Crippen LogP contribution in [-0.2, 0) is 4.79 Å². The molecule has 0 fully saturated rings. The van der Waals surface area contributed by atoms with Gasteiger partial charge in [-0.3, -0.25) is 4.79 Å². The monoisotopic (exact) mass is 250 g/mol. The first-order valence-corrected chi connectivity index (χ1v) is 6.31. The summed E-state index contributed by atoms with van der Waals surface area (Å²) in [6.45, 7) is 2.73. The highest BCUT2D eigenvalue weighted by atomic mass is 16.3. The predicted octanol–water partition coefficient (Wildman–Crippen LogP) is 1.21. The first-order chi connectivity index (χ1) is 8.63. The predicted molar refractivity (Wildman–Crippen MR) is 71.9 cm³/mol. The Hall–Kier alpha value is -1.39. The van der Waals surface area contributed by atoms with Crippen LogP contribution in [0.4, 0.5) is 0 Å². The van der Waals surface area contributed by atoms with Crippen molar-refractivity contribution in [3.05, 3.63) is 35.9 Å². The van der Waals surface area contributed by atoms with Gasteiger partial charge in [0.25, 0.3) is 0 Å². The standard InChI is InChI=1S/C14H22N2O2/c1-11(7-8-17)10-16-14(18)9-13(15)12-5-3-2-4-6-12/h2-6,11,13,17H,7-10,15H2,1H3,(H,16,18). The molecule has 0 spiro atoms. The zero-order valence-electron chi connectivity index (χ0n) is 10.8. The van der Waals surface area contributed by atoms with E-state index in [1.807, 2.05) is 37.3 Å². The molecule has 1 aromatic rings. The summed E-state index contributed by atoms with van der Waals surface area (Å²) >= 11 is 0. The number of amides is 1. The summed E-state index contributed by atoms with van der Waals surface area (Å²) < 4.78 is 0. The highest BCUT2D eigenvalue weighted by Crippen LogP contribution is 2.12. The van der Waals surface area contributed by atoms with Gasteiger partial charge in [-0.05, 0) is 17.9 Å². The van der Waals surface area contributed by atoms with Gasteiger partial charge in [0.2, 0.25) is 5.91 Å². The Morgan fingerprint density at radius 1 is 1.39 bits per heavy atom. The maximum Gasteiger partial charge on any atom is 0.221 e. The van der Waals surface area contributed by atoms with Gasteiger partial charge in [0.05, 0.1) is 0 Å². The Kier molecular flexibility index (Phi) is 6.39. The van der Waals surface area contributed by atoms with Crippen molar-refractivity contribution in [1.82, 2.24) is 5.32 Å². The first-order valence-electron chi connectivity index (χ1n) is 6.31. The lowest BCUT2D eigenvalue weighted by Crippen LogP contribution is -2.31. The van der Waals surface area contributed by atoms with E-state index < -0.39 is 0 Å². The van der Waals surface area contributed by atoms with Gasteiger partial charge < -0.3 is 16.2 Å². The van der Waals surface area contributed by atoms with Crippen LogP contribution in [0.25, 0.3) is 0 Å². The summed E-state index contributed by atoms with van der Waals surface area (Å²) in [6, 6.07) is 9.33. The van der Waals surface area contributed by atoms with Crippen LogP contribution in [-0.4, -0.2) is 24.2 Å². The van der Waals surface area contributed by atoms with Crippen LogP contribution in [0.1, 0.15) is 31.4 Å². The fourth-order valence-electron chi connectivity index (χ4n) is 1.70. The number of benzene rings is 1. The number of aliphatic hydroxyl groups is 1. The van der Waals surface area contributed by atoms with E-state index in [4.69, 9.17) is 10.8 Å². The molecule has 0 aromatic heterocycles. The van der Waals surface area contributed by atoms with Gasteiger partial charge in [-0.2, -0.15) is 0 Å². The molecular weight excluding hydrogens is 228 g/mol. The van der Waals surface area contributed by atoms with Crippen LogP contribution < -0.4 is 11.1 Å². The van der Waals surface area contributed by atoms with Gasteiger partial charge in [0.1, 0.15) is 0 Å². The van der Waals surface area contributed by atoms with Gasteiger partial charge in [-0.1, -0.05) is 37.3 Å². The average Bonchev–Trinajstić information content (AvgIpc) is 2.38. The highest BCUT2D eigenvalue weighted by molar-refractivity contribution is 5.76. The minimum atomic E-state index is -0.264.